The summed E-state index contributed by atoms with van der Waals surface area (Å²) in [7, 11) is 0. The minimum absolute atomic E-state index is 0.211. The van der Waals surface area contributed by atoms with Crippen LogP contribution in [0.25, 0.3) is 0 Å². The van der Waals surface area contributed by atoms with Gasteiger partial charge in [0.25, 0.3) is 5.91 Å². The quantitative estimate of drug-likeness (QED) is 0.874. The first-order valence-electron chi connectivity index (χ1n) is 6.08. The lowest BCUT2D eigenvalue weighted by molar-refractivity contribution is 0.0945. The standard InChI is InChI=1S/C14H12N2O4/c17-10-3-4-15-11(6-10)14(18)16-7-9-1-2-12-13(5-9)20-8-19-12/h1-6H,7-8H2,(H,15,17)(H,16,18). The molecule has 2 heterocycles. The number of fused-ring (bicyclic) bond motifs is 1. The van der Waals surface area contributed by atoms with Crippen LogP contribution in [0.5, 0.6) is 11.5 Å². The number of nitrogens with one attached hydrogen (secondary N) is 2. The van der Waals surface area contributed by atoms with Crippen LogP contribution in [0.4, 0.5) is 0 Å². The molecule has 1 aliphatic rings. The molecule has 6 nitrogen and oxygen atoms in total. The number of aromatic amines is 1. The molecule has 102 valence electrons. The maximum atomic E-state index is 11.9. The Kier molecular flexibility index (Phi) is 3.12. The SMILES string of the molecule is O=C(NCc1ccc2c(c1)OCO2)c1cc(=O)cc[nH]1. The van der Waals surface area contributed by atoms with E-state index < -0.39 is 0 Å². The van der Waals surface area contributed by atoms with Gasteiger partial charge in [0.1, 0.15) is 5.69 Å². The molecular weight excluding hydrogens is 260 g/mol. The van der Waals surface area contributed by atoms with Crippen LogP contribution in [-0.2, 0) is 6.54 Å². The van der Waals surface area contributed by atoms with Gasteiger partial charge in [0.15, 0.2) is 16.9 Å². The third-order valence-corrected chi connectivity index (χ3v) is 2.91. The van der Waals surface area contributed by atoms with Crippen LogP contribution < -0.4 is 20.2 Å². The Balaban J connectivity index is 1.67. The largest absolute Gasteiger partial charge is 0.454 e. The monoisotopic (exact) mass is 272 g/mol. The minimum atomic E-state index is -0.333. The number of aromatic nitrogens is 1. The van der Waals surface area contributed by atoms with Gasteiger partial charge in [0, 0.05) is 24.9 Å². The van der Waals surface area contributed by atoms with Crippen LogP contribution in [0.3, 0.4) is 0 Å². The van der Waals surface area contributed by atoms with E-state index in [4.69, 9.17) is 9.47 Å². The number of hydrogen-bond donors (Lipinski definition) is 2. The summed E-state index contributed by atoms with van der Waals surface area (Å²) in [5, 5.41) is 2.73. The third kappa shape index (κ3) is 2.49. The Morgan fingerprint density at radius 2 is 2.05 bits per heavy atom. The predicted octanol–water partition coefficient (Wildman–Crippen LogP) is 1.03. The number of rotatable bonds is 3. The smallest absolute Gasteiger partial charge is 0.268 e. The van der Waals surface area contributed by atoms with Gasteiger partial charge in [-0.15, -0.1) is 0 Å². The Morgan fingerprint density at radius 1 is 1.20 bits per heavy atom. The normalized spacial score (nSPS) is 12.2. The molecule has 2 aromatic rings. The topological polar surface area (TPSA) is 80.4 Å². The number of carbonyl (C=O) groups is 1. The van der Waals surface area contributed by atoms with Gasteiger partial charge in [0.05, 0.1) is 0 Å². The van der Waals surface area contributed by atoms with Crippen molar-refractivity contribution in [1.82, 2.24) is 10.3 Å². The molecule has 0 spiro atoms. The molecule has 0 saturated heterocycles. The van der Waals surface area contributed by atoms with Crippen molar-refractivity contribution < 1.29 is 14.3 Å². The number of H-pyrrole nitrogens is 1. The van der Waals surface area contributed by atoms with Gasteiger partial charge in [-0.2, -0.15) is 0 Å². The maximum absolute atomic E-state index is 11.9. The second-order valence-electron chi connectivity index (χ2n) is 4.31. The van der Waals surface area contributed by atoms with Crippen LogP contribution >= 0.6 is 0 Å². The van der Waals surface area contributed by atoms with Gasteiger partial charge < -0.3 is 19.8 Å². The molecule has 0 atom stereocenters. The van der Waals surface area contributed by atoms with Gasteiger partial charge in [-0.1, -0.05) is 6.07 Å². The number of ether oxygens (including phenoxy) is 2. The van der Waals surface area contributed by atoms with Crippen molar-refractivity contribution in [1.29, 1.82) is 0 Å². The highest BCUT2D eigenvalue weighted by Gasteiger charge is 2.13. The number of hydrogen-bond acceptors (Lipinski definition) is 4. The molecule has 6 heteroatoms. The molecule has 0 saturated carbocycles. The highest BCUT2D eigenvalue weighted by molar-refractivity contribution is 5.92. The summed E-state index contributed by atoms with van der Waals surface area (Å²) in [4.78, 5) is 25.8. The van der Waals surface area contributed by atoms with E-state index in [2.05, 4.69) is 10.3 Å². The Hall–Kier alpha value is -2.76. The van der Waals surface area contributed by atoms with Crippen molar-refractivity contribution in [2.24, 2.45) is 0 Å². The van der Waals surface area contributed by atoms with E-state index in [-0.39, 0.29) is 23.8 Å². The van der Waals surface area contributed by atoms with Crippen molar-refractivity contribution >= 4 is 5.91 Å². The molecule has 0 aliphatic carbocycles. The summed E-state index contributed by atoms with van der Waals surface area (Å²) >= 11 is 0. The zero-order valence-electron chi connectivity index (χ0n) is 10.5. The van der Waals surface area contributed by atoms with Crippen molar-refractivity contribution in [3.8, 4) is 11.5 Å². The molecule has 1 amide bonds. The molecule has 20 heavy (non-hydrogen) atoms. The molecule has 0 fully saturated rings. The zero-order chi connectivity index (χ0) is 13.9. The van der Waals surface area contributed by atoms with Gasteiger partial charge in [0.2, 0.25) is 6.79 Å². The number of amides is 1. The van der Waals surface area contributed by atoms with E-state index in [9.17, 15) is 9.59 Å². The highest BCUT2D eigenvalue weighted by Crippen LogP contribution is 2.32. The summed E-state index contributed by atoms with van der Waals surface area (Å²) in [6.45, 7) is 0.558. The first-order valence-corrected chi connectivity index (χ1v) is 6.08. The summed E-state index contributed by atoms with van der Waals surface area (Å²) in [6.07, 6.45) is 1.44. The van der Waals surface area contributed by atoms with E-state index in [1.54, 1.807) is 6.07 Å². The Labute approximate surface area is 114 Å². The van der Waals surface area contributed by atoms with Gasteiger partial charge in [-0.25, -0.2) is 0 Å². The molecular formula is C14H12N2O4. The Bertz CT molecular complexity index is 708. The molecule has 3 rings (SSSR count). The van der Waals surface area contributed by atoms with Crippen molar-refractivity contribution in [2.75, 3.05) is 6.79 Å². The number of pyridine rings is 1. The fourth-order valence-electron chi connectivity index (χ4n) is 1.91. The maximum Gasteiger partial charge on any atom is 0.268 e. The molecule has 1 aromatic heterocycles. The first kappa shape index (κ1) is 12.3. The minimum Gasteiger partial charge on any atom is -0.454 e. The van der Waals surface area contributed by atoms with Crippen LogP contribution in [0, 0.1) is 0 Å². The van der Waals surface area contributed by atoms with Crippen molar-refractivity contribution in [2.45, 2.75) is 6.54 Å². The third-order valence-electron chi connectivity index (χ3n) is 2.91. The van der Waals surface area contributed by atoms with E-state index in [0.29, 0.717) is 18.0 Å². The fraction of sp³-hybridized carbons (Fsp3) is 0.143. The lowest BCUT2D eigenvalue weighted by Gasteiger charge is -2.06. The summed E-state index contributed by atoms with van der Waals surface area (Å²) in [5.41, 5.74) is 0.913. The predicted molar refractivity (Wildman–Crippen MR) is 70.8 cm³/mol. The number of benzene rings is 1. The molecule has 0 unspecified atom stereocenters. The van der Waals surface area contributed by atoms with Gasteiger partial charge in [-0.3, -0.25) is 9.59 Å². The van der Waals surface area contributed by atoms with Crippen LogP contribution in [0.15, 0.2) is 41.3 Å². The number of carbonyl (C=O) groups excluding carboxylic acids is 1. The average Bonchev–Trinajstić information content (AvgIpc) is 2.92. The zero-order valence-corrected chi connectivity index (χ0v) is 10.5. The van der Waals surface area contributed by atoms with Crippen molar-refractivity contribution in [3.63, 3.8) is 0 Å². The highest BCUT2D eigenvalue weighted by atomic mass is 16.7. The molecule has 0 bridgehead atoms. The average molecular weight is 272 g/mol. The molecule has 0 radical (unpaired) electrons. The van der Waals surface area contributed by atoms with Crippen LogP contribution in [-0.4, -0.2) is 17.7 Å². The second-order valence-corrected chi connectivity index (χ2v) is 4.31. The van der Waals surface area contributed by atoms with Gasteiger partial charge in [-0.05, 0) is 17.7 Å². The van der Waals surface area contributed by atoms with Gasteiger partial charge >= 0.3 is 0 Å². The lowest BCUT2D eigenvalue weighted by atomic mass is 10.2. The van der Waals surface area contributed by atoms with E-state index in [0.717, 1.165) is 5.56 Å². The second kappa shape index (κ2) is 5.08. The molecule has 1 aliphatic heterocycles. The lowest BCUT2D eigenvalue weighted by Crippen LogP contribution is -2.24. The summed E-state index contributed by atoms with van der Waals surface area (Å²) in [6, 6.07) is 8.08. The van der Waals surface area contributed by atoms with E-state index >= 15 is 0 Å². The fourth-order valence-corrected chi connectivity index (χ4v) is 1.91. The first-order chi connectivity index (χ1) is 9.72. The Morgan fingerprint density at radius 3 is 2.90 bits per heavy atom. The van der Waals surface area contributed by atoms with E-state index in [1.807, 2.05) is 12.1 Å². The van der Waals surface area contributed by atoms with Crippen LogP contribution in [0.2, 0.25) is 0 Å². The van der Waals surface area contributed by atoms with Crippen molar-refractivity contribution in [3.05, 3.63) is 58.0 Å². The molecule has 1 aromatic carbocycles. The van der Waals surface area contributed by atoms with Crippen LogP contribution in [0.1, 0.15) is 16.1 Å². The molecule has 2 N–H and O–H groups in total. The summed E-state index contributed by atoms with van der Waals surface area (Å²) < 4.78 is 10.5. The van der Waals surface area contributed by atoms with E-state index in [1.165, 1.54) is 18.3 Å². The summed E-state index contributed by atoms with van der Waals surface area (Å²) in [5.74, 6) is 1.04.